The highest BCUT2D eigenvalue weighted by molar-refractivity contribution is 8.11. The lowest BCUT2D eigenvalue weighted by atomic mass is 9.95. The maximum absolute atomic E-state index is 13.3. The molecule has 1 aromatic heterocycles. The maximum Gasteiger partial charge on any atom is 0.302 e. The second-order valence-electron chi connectivity index (χ2n) is 7.90. The minimum absolute atomic E-state index is 0.0594. The number of benzene rings is 1. The van der Waals surface area contributed by atoms with Gasteiger partial charge in [0.05, 0.1) is 18.3 Å². The van der Waals surface area contributed by atoms with Gasteiger partial charge in [-0.2, -0.15) is 0 Å². The fourth-order valence-corrected chi connectivity index (χ4v) is 7.22. The monoisotopic (exact) mass is 484 g/mol. The van der Waals surface area contributed by atoms with Crippen LogP contribution in [0, 0.1) is 0 Å². The SMILES string of the molecule is C/C=C\C=C(/C)c1cc(-c2ccccc2)c2c(n1)SC(S(=O)CCCCOC(C)=O)C2NC. The molecule has 0 saturated carbocycles. The summed E-state index contributed by atoms with van der Waals surface area (Å²) in [6.45, 7) is 5.84. The molecule has 1 N–H and O–H groups in total. The average molecular weight is 485 g/mol. The first-order valence-corrected chi connectivity index (χ1v) is 13.5. The van der Waals surface area contributed by atoms with Gasteiger partial charge in [0.15, 0.2) is 0 Å². The van der Waals surface area contributed by atoms with Gasteiger partial charge < -0.3 is 10.1 Å². The Hall–Kier alpha value is -2.22. The van der Waals surface area contributed by atoms with Crippen LogP contribution in [0.5, 0.6) is 0 Å². The third kappa shape index (κ3) is 6.43. The van der Waals surface area contributed by atoms with Crippen molar-refractivity contribution in [2.24, 2.45) is 0 Å². The molecule has 7 heteroatoms. The fraction of sp³-hybridized carbons (Fsp3) is 0.385. The number of carbonyl (C=O) groups is 1. The highest BCUT2D eigenvalue weighted by atomic mass is 32.2. The van der Waals surface area contributed by atoms with Crippen LogP contribution in [-0.2, 0) is 20.3 Å². The van der Waals surface area contributed by atoms with Gasteiger partial charge in [0.2, 0.25) is 0 Å². The lowest BCUT2D eigenvalue weighted by Gasteiger charge is -2.20. The van der Waals surface area contributed by atoms with Crippen molar-refractivity contribution in [3.05, 3.63) is 65.9 Å². The molecule has 0 spiro atoms. The predicted molar refractivity (Wildman–Crippen MR) is 138 cm³/mol. The Morgan fingerprint density at radius 3 is 2.67 bits per heavy atom. The molecular formula is C26H32N2O3S2. The summed E-state index contributed by atoms with van der Waals surface area (Å²) in [6, 6.07) is 12.4. The van der Waals surface area contributed by atoms with E-state index in [9.17, 15) is 9.00 Å². The summed E-state index contributed by atoms with van der Waals surface area (Å²) >= 11 is 1.61. The van der Waals surface area contributed by atoms with E-state index in [-0.39, 0.29) is 16.6 Å². The molecule has 5 nitrogen and oxygen atoms in total. The summed E-state index contributed by atoms with van der Waals surface area (Å²) < 4.78 is 18.2. The van der Waals surface area contributed by atoms with E-state index in [1.807, 2.05) is 44.3 Å². The number of thioether (sulfide) groups is 1. The van der Waals surface area contributed by atoms with Crippen molar-refractivity contribution in [1.29, 1.82) is 0 Å². The molecule has 33 heavy (non-hydrogen) atoms. The molecule has 1 aromatic carbocycles. The van der Waals surface area contributed by atoms with Gasteiger partial charge in [-0.3, -0.25) is 9.00 Å². The average Bonchev–Trinajstić information content (AvgIpc) is 3.20. The Morgan fingerprint density at radius 1 is 1.24 bits per heavy atom. The van der Waals surface area contributed by atoms with E-state index in [0.29, 0.717) is 18.8 Å². The molecule has 3 unspecified atom stereocenters. The Bertz CT molecular complexity index is 1050. The van der Waals surface area contributed by atoms with Gasteiger partial charge in [0.25, 0.3) is 0 Å². The first-order valence-electron chi connectivity index (χ1n) is 11.2. The van der Waals surface area contributed by atoms with Crippen molar-refractivity contribution in [3.8, 4) is 11.1 Å². The molecule has 3 rings (SSSR count). The summed E-state index contributed by atoms with van der Waals surface area (Å²) in [5.41, 5.74) is 5.40. The van der Waals surface area contributed by atoms with Crippen molar-refractivity contribution >= 4 is 34.1 Å². The van der Waals surface area contributed by atoms with Crippen LogP contribution in [0.4, 0.5) is 0 Å². The number of rotatable bonds is 10. The van der Waals surface area contributed by atoms with Gasteiger partial charge in [-0.15, -0.1) is 0 Å². The Morgan fingerprint density at radius 2 is 2.00 bits per heavy atom. The molecule has 2 aromatic rings. The number of hydrogen-bond acceptors (Lipinski definition) is 6. The third-order valence-corrected chi connectivity index (χ3v) is 8.93. The van der Waals surface area contributed by atoms with Gasteiger partial charge in [-0.1, -0.05) is 60.3 Å². The number of allylic oxidation sites excluding steroid dienone is 4. The summed E-state index contributed by atoms with van der Waals surface area (Å²) in [5.74, 6) is 0.293. The molecule has 1 aliphatic rings. The smallest absolute Gasteiger partial charge is 0.302 e. The minimum Gasteiger partial charge on any atom is -0.466 e. The number of unbranched alkanes of at least 4 members (excludes halogenated alkanes) is 1. The number of carbonyl (C=O) groups excluding carboxylic acids is 1. The van der Waals surface area contributed by atoms with Crippen molar-refractivity contribution < 1.29 is 13.7 Å². The standard InChI is InChI=1S/C26H32N2O3S2/c1-5-6-12-18(2)22-17-21(20-13-8-7-9-14-20)23-24(27-4)26(32-25(23)28-22)33(30)16-11-10-15-31-19(3)29/h5-9,12-14,17,24,26-27H,10-11,15-16H2,1-4H3/b6-5-,18-12+. The van der Waals surface area contributed by atoms with E-state index in [1.54, 1.807) is 11.8 Å². The molecular weight excluding hydrogens is 452 g/mol. The molecule has 1 aliphatic heterocycles. The third-order valence-electron chi connectivity index (χ3n) is 5.48. The van der Waals surface area contributed by atoms with Crippen LogP contribution in [-0.4, -0.2) is 39.2 Å². The second kappa shape index (κ2) is 12.3. The van der Waals surface area contributed by atoms with Crippen LogP contribution >= 0.6 is 11.8 Å². The number of pyridine rings is 1. The van der Waals surface area contributed by atoms with Crippen molar-refractivity contribution in [2.45, 2.75) is 49.3 Å². The highest BCUT2D eigenvalue weighted by Gasteiger charge is 2.39. The molecule has 0 radical (unpaired) electrons. The summed E-state index contributed by atoms with van der Waals surface area (Å²) in [6.07, 6.45) is 7.55. The predicted octanol–water partition coefficient (Wildman–Crippen LogP) is 5.51. The quantitative estimate of drug-likeness (QED) is 0.272. The van der Waals surface area contributed by atoms with Gasteiger partial charge in [-0.05, 0) is 56.5 Å². The summed E-state index contributed by atoms with van der Waals surface area (Å²) in [4.78, 5) is 15.9. The zero-order valence-electron chi connectivity index (χ0n) is 19.7. The second-order valence-corrected chi connectivity index (χ2v) is 11.0. The number of fused-ring (bicyclic) bond motifs is 1. The minimum atomic E-state index is -1.06. The molecule has 3 atom stereocenters. The summed E-state index contributed by atoms with van der Waals surface area (Å²) in [7, 11) is 0.863. The van der Waals surface area contributed by atoms with Crippen LogP contribution in [0.1, 0.15) is 50.9 Å². The normalized spacial score (nSPS) is 19.0. The number of ether oxygens (including phenoxy) is 1. The van der Waals surface area contributed by atoms with Gasteiger partial charge >= 0.3 is 5.97 Å². The van der Waals surface area contributed by atoms with Crippen molar-refractivity contribution in [3.63, 3.8) is 0 Å². The summed E-state index contributed by atoms with van der Waals surface area (Å²) in [5, 5.41) is 4.35. The Kier molecular flexibility index (Phi) is 9.47. The van der Waals surface area contributed by atoms with E-state index in [1.165, 1.54) is 6.92 Å². The maximum atomic E-state index is 13.3. The van der Waals surface area contributed by atoms with Gasteiger partial charge in [0.1, 0.15) is 9.61 Å². The first kappa shape index (κ1) is 25.4. The van der Waals surface area contributed by atoms with Gasteiger partial charge in [-0.25, -0.2) is 4.98 Å². The van der Waals surface area contributed by atoms with Gasteiger partial charge in [0, 0.05) is 29.0 Å². The van der Waals surface area contributed by atoms with E-state index in [0.717, 1.165) is 39.4 Å². The van der Waals surface area contributed by atoms with Crippen LogP contribution in [0.25, 0.3) is 16.7 Å². The molecule has 0 fully saturated rings. The highest BCUT2D eigenvalue weighted by Crippen LogP contribution is 2.49. The number of esters is 1. The number of nitrogens with one attached hydrogen (secondary N) is 1. The lowest BCUT2D eigenvalue weighted by Crippen LogP contribution is -2.28. The Labute approximate surface area is 203 Å². The zero-order chi connectivity index (χ0) is 23.8. The number of nitrogens with zero attached hydrogens (tertiary/aromatic N) is 1. The molecule has 0 saturated heterocycles. The van der Waals surface area contributed by atoms with E-state index >= 15 is 0 Å². The molecule has 176 valence electrons. The van der Waals surface area contributed by atoms with E-state index in [4.69, 9.17) is 9.72 Å². The molecule has 0 aliphatic carbocycles. The van der Waals surface area contributed by atoms with Crippen molar-refractivity contribution in [1.82, 2.24) is 10.3 Å². The Balaban J connectivity index is 1.91. The van der Waals surface area contributed by atoms with Crippen molar-refractivity contribution in [2.75, 3.05) is 19.4 Å². The molecule has 2 heterocycles. The fourth-order valence-electron chi connectivity index (χ4n) is 3.78. The van der Waals surface area contributed by atoms with E-state index in [2.05, 4.69) is 36.5 Å². The van der Waals surface area contributed by atoms with Crippen LogP contribution in [0.2, 0.25) is 0 Å². The topological polar surface area (TPSA) is 68.3 Å². The molecule has 0 bridgehead atoms. The largest absolute Gasteiger partial charge is 0.466 e. The number of aromatic nitrogens is 1. The lowest BCUT2D eigenvalue weighted by molar-refractivity contribution is -0.141. The number of hydrogen-bond donors (Lipinski definition) is 1. The zero-order valence-corrected chi connectivity index (χ0v) is 21.3. The van der Waals surface area contributed by atoms with Crippen LogP contribution < -0.4 is 5.32 Å². The van der Waals surface area contributed by atoms with Crippen LogP contribution in [0.3, 0.4) is 0 Å². The van der Waals surface area contributed by atoms with E-state index < -0.39 is 10.8 Å². The molecule has 0 amide bonds. The van der Waals surface area contributed by atoms with Crippen LogP contribution in [0.15, 0.2) is 59.7 Å². The first-order chi connectivity index (χ1) is 16.0.